The summed E-state index contributed by atoms with van der Waals surface area (Å²) < 4.78 is 28.0. The minimum absolute atomic E-state index is 0.0440. The first-order valence-corrected chi connectivity index (χ1v) is 3.69. The summed E-state index contributed by atoms with van der Waals surface area (Å²) in [7, 11) is -4.03. The van der Waals surface area contributed by atoms with Crippen LogP contribution < -0.4 is 0 Å². The van der Waals surface area contributed by atoms with Gasteiger partial charge in [0.1, 0.15) is 5.75 Å². The molecular formula is C3H7NO4S. The van der Waals surface area contributed by atoms with Crippen LogP contribution in [-0.2, 0) is 10.1 Å². The highest BCUT2D eigenvalue weighted by Crippen LogP contribution is 1.83. The van der Waals surface area contributed by atoms with Crippen LogP contribution in [0.4, 0.5) is 0 Å². The molecule has 0 unspecified atom stereocenters. The highest BCUT2D eigenvalue weighted by molar-refractivity contribution is 7.86. The highest BCUT2D eigenvalue weighted by atomic mass is 32.2. The number of rotatable bonds is 2. The Kier molecular flexibility index (Phi) is 2.60. The maximum Gasteiger partial charge on any atom is 0.270 e. The van der Waals surface area contributed by atoms with Crippen LogP contribution in [0.15, 0.2) is 5.16 Å². The molecule has 2 N–H and O–H groups in total. The second kappa shape index (κ2) is 2.79. The maximum absolute atomic E-state index is 9.96. The van der Waals surface area contributed by atoms with Crippen LogP contribution in [0, 0.1) is 0 Å². The van der Waals surface area contributed by atoms with E-state index in [1.54, 1.807) is 0 Å². The van der Waals surface area contributed by atoms with Crippen molar-refractivity contribution in [3.8, 4) is 0 Å². The lowest BCUT2D eigenvalue weighted by Crippen LogP contribution is -2.11. The van der Waals surface area contributed by atoms with Gasteiger partial charge in [-0.05, 0) is 6.92 Å². The number of hydrogen-bond acceptors (Lipinski definition) is 4. The van der Waals surface area contributed by atoms with Gasteiger partial charge in [-0.1, -0.05) is 5.16 Å². The molecule has 0 fully saturated rings. The summed E-state index contributed by atoms with van der Waals surface area (Å²) in [5.41, 5.74) is -0.0440. The van der Waals surface area contributed by atoms with E-state index in [9.17, 15) is 8.42 Å². The van der Waals surface area contributed by atoms with Gasteiger partial charge in [0, 0.05) is 0 Å². The second-order valence-electron chi connectivity index (χ2n) is 1.56. The van der Waals surface area contributed by atoms with Crippen LogP contribution in [0.2, 0.25) is 0 Å². The zero-order valence-corrected chi connectivity index (χ0v) is 5.59. The van der Waals surface area contributed by atoms with Crippen LogP contribution in [0.25, 0.3) is 0 Å². The smallest absolute Gasteiger partial charge is 0.270 e. The first-order chi connectivity index (χ1) is 3.95. The number of hydrogen-bond donors (Lipinski definition) is 2. The molecule has 6 heteroatoms. The topological polar surface area (TPSA) is 87.0 Å². The Morgan fingerprint density at radius 3 is 2.22 bits per heavy atom. The first kappa shape index (κ1) is 8.38. The molecule has 0 spiro atoms. The summed E-state index contributed by atoms with van der Waals surface area (Å²) in [6.45, 7) is 1.29. The zero-order valence-electron chi connectivity index (χ0n) is 4.77. The lowest BCUT2D eigenvalue weighted by atomic mass is 10.5. The van der Waals surface area contributed by atoms with E-state index in [1.165, 1.54) is 6.92 Å². The minimum Gasteiger partial charge on any atom is -0.411 e. The van der Waals surface area contributed by atoms with Crippen molar-refractivity contribution >= 4 is 15.8 Å². The fourth-order valence-electron chi connectivity index (χ4n) is 0.293. The van der Waals surface area contributed by atoms with Crippen molar-refractivity contribution in [2.45, 2.75) is 6.92 Å². The van der Waals surface area contributed by atoms with Gasteiger partial charge in [0.05, 0.1) is 5.71 Å². The molecule has 0 aliphatic rings. The lowest BCUT2D eigenvalue weighted by molar-refractivity contribution is 0.318. The molecule has 5 nitrogen and oxygen atoms in total. The zero-order chi connectivity index (χ0) is 7.49. The van der Waals surface area contributed by atoms with Crippen molar-refractivity contribution in [3.05, 3.63) is 0 Å². The van der Waals surface area contributed by atoms with Crippen LogP contribution in [-0.4, -0.2) is 29.6 Å². The first-order valence-electron chi connectivity index (χ1n) is 2.08. The Morgan fingerprint density at radius 2 is 2.11 bits per heavy atom. The third-order valence-corrected chi connectivity index (χ3v) is 1.34. The molecule has 0 rings (SSSR count). The van der Waals surface area contributed by atoms with E-state index >= 15 is 0 Å². The third-order valence-electron chi connectivity index (χ3n) is 0.562. The lowest BCUT2D eigenvalue weighted by Gasteiger charge is -1.90. The largest absolute Gasteiger partial charge is 0.411 e. The van der Waals surface area contributed by atoms with Crippen molar-refractivity contribution < 1.29 is 18.2 Å². The third kappa shape index (κ3) is 5.25. The van der Waals surface area contributed by atoms with Gasteiger partial charge in [0.2, 0.25) is 0 Å². The molecule has 0 amide bonds. The van der Waals surface area contributed by atoms with E-state index in [2.05, 4.69) is 5.16 Å². The fraction of sp³-hybridized carbons (Fsp3) is 0.667. The molecule has 0 atom stereocenters. The van der Waals surface area contributed by atoms with Gasteiger partial charge in [-0.2, -0.15) is 8.42 Å². The molecule has 54 valence electrons. The summed E-state index contributed by atoms with van der Waals surface area (Å²) in [5.74, 6) is -0.622. The molecule has 0 saturated heterocycles. The monoisotopic (exact) mass is 153 g/mol. The Morgan fingerprint density at radius 1 is 1.67 bits per heavy atom. The van der Waals surface area contributed by atoms with Crippen LogP contribution in [0.3, 0.4) is 0 Å². The van der Waals surface area contributed by atoms with E-state index in [4.69, 9.17) is 9.76 Å². The van der Waals surface area contributed by atoms with Gasteiger partial charge in [0.15, 0.2) is 0 Å². The minimum atomic E-state index is -4.03. The quantitative estimate of drug-likeness (QED) is 0.247. The fourth-order valence-corrected chi connectivity index (χ4v) is 0.879. The molecule has 0 heterocycles. The van der Waals surface area contributed by atoms with Crippen LogP contribution in [0.5, 0.6) is 0 Å². The summed E-state index contributed by atoms with van der Waals surface area (Å²) in [5, 5.41) is 10.5. The van der Waals surface area contributed by atoms with Crippen molar-refractivity contribution in [1.82, 2.24) is 0 Å². The molecule has 0 bridgehead atoms. The summed E-state index contributed by atoms with van der Waals surface area (Å²) >= 11 is 0. The van der Waals surface area contributed by atoms with E-state index in [0.29, 0.717) is 0 Å². The molecule has 0 aliphatic carbocycles. The molecule has 0 radical (unpaired) electrons. The highest BCUT2D eigenvalue weighted by Gasteiger charge is 2.05. The van der Waals surface area contributed by atoms with E-state index < -0.39 is 15.9 Å². The predicted molar refractivity (Wildman–Crippen MR) is 31.3 cm³/mol. The Labute approximate surface area is 52.7 Å². The van der Waals surface area contributed by atoms with Gasteiger partial charge in [0.25, 0.3) is 10.1 Å². The SMILES string of the molecule is C/C(CS(=O)(=O)O)=N\O. The van der Waals surface area contributed by atoms with Crippen molar-refractivity contribution in [1.29, 1.82) is 0 Å². The summed E-state index contributed by atoms with van der Waals surface area (Å²) in [6.07, 6.45) is 0. The molecular weight excluding hydrogens is 146 g/mol. The average Bonchev–Trinajstić information content (AvgIpc) is 1.62. The van der Waals surface area contributed by atoms with Gasteiger partial charge in [-0.25, -0.2) is 0 Å². The molecule has 0 aromatic carbocycles. The van der Waals surface area contributed by atoms with Crippen LogP contribution >= 0.6 is 0 Å². The van der Waals surface area contributed by atoms with Gasteiger partial charge < -0.3 is 5.21 Å². The average molecular weight is 153 g/mol. The summed E-state index contributed by atoms with van der Waals surface area (Å²) in [6, 6.07) is 0. The van der Waals surface area contributed by atoms with Crippen molar-refractivity contribution in [3.63, 3.8) is 0 Å². The van der Waals surface area contributed by atoms with Crippen molar-refractivity contribution in [2.75, 3.05) is 5.75 Å². The number of oxime groups is 1. The van der Waals surface area contributed by atoms with Gasteiger partial charge in [-0.15, -0.1) is 0 Å². The summed E-state index contributed by atoms with van der Waals surface area (Å²) in [4.78, 5) is 0. The normalized spacial score (nSPS) is 13.8. The standard InChI is InChI=1S/C3H7NO4S/c1-3(4-5)2-9(6,7)8/h5H,2H2,1H3,(H,6,7,8)/b4-3+. The Hall–Kier alpha value is -0.620. The van der Waals surface area contributed by atoms with E-state index in [1.807, 2.05) is 0 Å². The number of nitrogens with zero attached hydrogens (tertiary/aromatic N) is 1. The second-order valence-corrected chi connectivity index (χ2v) is 3.01. The van der Waals surface area contributed by atoms with Gasteiger partial charge >= 0.3 is 0 Å². The molecule has 9 heavy (non-hydrogen) atoms. The van der Waals surface area contributed by atoms with E-state index in [-0.39, 0.29) is 5.71 Å². The van der Waals surface area contributed by atoms with E-state index in [0.717, 1.165) is 0 Å². The molecule has 0 saturated carbocycles. The predicted octanol–water partition coefficient (Wildman–Crippen LogP) is -0.276. The maximum atomic E-state index is 9.96. The molecule has 0 aliphatic heterocycles. The molecule has 0 aromatic rings. The van der Waals surface area contributed by atoms with Crippen LogP contribution in [0.1, 0.15) is 6.92 Å². The molecule has 0 aromatic heterocycles. The Balaban J connectivity index is 4.07. The van der Waals surface area contributed by atoms with Crippen molar-refractivity contribution in [2.24, 2.45) is 5.16 Å². The van der Waals surface area contributed by atoms with Gasteiger partial charge in [-0.3, -0.25) is 4.55 Å². The Bertz CT molecular complexity index is 204.